The molecule has 0 rings (SSSR count). The van der Waals surface area contributed by atoms with Crippen LogP contribution in [-0.2, 0) is 9.05 Å². The first kappa shape index (κ1) is 18.3. The lowest BCUT2D eigenvalue weighted by Crippen LogP contribution is -2.50. The molecule has 5 heteroatoms. The Labute approximate surface area is 114 Å². The van der Waals surface area contributed by atoms with Gasteiger partial charge in [-0.3, -0.25) is 0 Å². The normalized spacial score (nSPS) is 15.5. The van der Waals surface area contributed by atoms with Crippen LogP contribution in [-0.4, -0.2) is 34.8 Å². The zero-order valence-electron chi connectivity index (χ0n) is 13.1. The maximum absolute atomic E-state index is 10.5. The van der Waals surface area contributed by atoms with E-state index in [9.17, 15) is 5.21 Å². The van der Waals surface area contributed by atoms with Crippen LogP contribution in [0.4, 0.5) is 0 Å². The maximum Gasteiger partial charge on any atom is 0.192 e. The minimum atomic E-state index is -1.14. The molecule has 0 heterocycles. The molecule has 110 valence electrons. The zero-order chi connectivity index (χ0) is 14.6. The van der Waals surface area contributed by atoms with Crippen LogP contribution in [0.1, 0.15) is 55.4 Å². The van der Waals surface area contributed by atoms with Crippen molar-refractivity contribution in [1.82, 2.24) is 5.06 Å². The largest absolute Gasteiger partial charge is 0.333 e. The highest BCUT2D eigenvalue weighted by Crippen LogP contribution is 2.53. The van der Waals surface area contributed by atoms with Crippen molar-refractivity contribution in [2.24, 2.45) is 5.41 Å². The van der Waals surface area contributed by atoms with Crippen molar-refractivity contribution in [1.29, 1.82) is 0 Å². The summed E-state index contributed by atoms with van der Waals surface area (Å²) in [6, 6.07) is 0. The van der Waals surface area contributed by atoms with Crippen LogP contribution < -0.4 is 0 Å². The monoisotopic (exact) mass is 279 g/mol. The van der Waals surface area contributed by atoms with Crippen LogP contribution in [0.25, 0.3) is 0 Å². The van der Waals surface area contributed by atoms with Crippen molar-refractivity contribution in [3.8, 4) is 0 Å². The van der Waals surface area contributed by atoms with Crippen molar-refractivity contribution in [2.75, 3.05) is 13.2 Å². The van der Waals surface area contributed by atoms with E-state index in [-0.39, 0.29) is 16.7 Å². The molecule has 18 heavy (non-hydrogen) atoms. The van der Waals surface area contributed by atoms with E-state index in [0.717, 1.165) is 0 Å². The molecule has 1 N–H and O–H groups in total. The van der Waals surface area contributed by atoms with Gasteiger partial charge in [0.25, 0.3) is 0 Å². The second-order valence-electron chi connectivity index (χ2n) is 6.38. The Morgan fingerprint density at radius 3 is 1.61 bits per heavy atom. The van der Waals surface area contributed by atoms with Crippen molar-refractivity contribution in [2.45, 2.75) is 66.7 Å². The fraction of sp³-hybridized carbons (Fsp3) is 1.00. The van der Waals surface area contributed by atoms with Crippen molar-refractivity contribution < 1.29 is 14.3 Å². The highest BCUT2D eigenvalue weighted by Gasteiger charge is 2.43. The van der Waals surface area contributed by atoms with E-state index in [2.05, 4.69) is 20.8 Å². The number of hydroxylamine groups is 2. The zero-order valence-corrected chi connectivity index (χ0v) is 14.0. The van der Waals surface area contributed by atoms with E-state index < -0.39 is 8.38 Å². The van der Waals surface area contributed by atoms with E-state index in [1.165, 1.54) is 5.06 Å². The Kier molecular flexibility index (Phi) is 7.27. The number of hydrogen-bond donors (Lipinski definition) is 1. The molecule has 1 atom stereocenters. The van der Waals surface area contributed by atoms with Gasteiger partial charge in [-0.25, -0.2) is 0 Å². The summed E-state index contributed by atoms with van der Waals surface area (Å²) in [5.41, 5.74) is -0.467. The molecule has 4 nitrogen and oxygen atoms in total. The van der Waals surface area contributed by atoms with Gasteiger partial charge in [-0.1, -0.05) is 20.8 Å². The molecule has 0 aliphatic carbocycles. The third-order valence-corrected chi connectivity index (χ3v) is 4.82. The maximum atomic E-state index is 10.5. The smallest absolute Gasteiger partial charge is 0.192 e. The Morgan fingerprint density at radius 1 is 1.00 bits per heavy atom. The van der Waals surface area contributed by atoms with Gasteiger partial charge in [-0.05, 0) is 40.0 Å². The molecule has 0 aromatic heterocycles. The molecule has 0 amide bonds. The van der Waals surface area contributed by atoms with E-state index in [4.69, 9.17) is 9.05 Å². The third kappa shape index (κ3) is 5.50. The first-order valence-electron chi connectivity index (χ1n) is 6.59. The predicted octanol–water partition coefficient (Wildman–Crippen LogP) is 4.23. The third-order valence-electron chi connectivity index (χ3n) is 2.41. The van der Waals surface area contributed by atoms with E-state index >= 15 is 0 Å². The van der Waals surface area contributed by atoms with Gasteiger partial charge < -0.3 is 14.3 Å². The van der Waals surface area contributed by atoms with Gasteiger partial charge in [0.1, 0.15) is 5.78 Å². The minimum Gasteiger partial charge on any atom is -0.333 e. The van der Waals surface area contributed by atoms with Crippen LogP contribution in [0.2, 0.25) is 0 Å². The fourth-order valence-electron chi connectivity index (χ4n) is 1.57. The quantitative estimate of drug-likeness (QED) is 0.583. The fourth-order valence-corrected chi connectivity index (χ4v) is 3.60. The molecule has 0 fully saturated rings. The molecule has 0 aromatic rings. The molecule has 0 saturated heterocycles. The average molecular weight is 279 g/mol. The predicted molar refractivity (Wildman–Crippen MR) is 76.8 cm³/mol. The molecular weight excluding hydrogens is 249 g/mol. The Morgan fingerprint density at radius 2 is 1.39 bits per heavy atom. The summed E-state index contributed by atoms with van der Waals surface area (Å²) in [6.07, 6.45) is 0. The van der Waals surface area contributed by atoms with Crippen molar-refractivity contribution >= 4 is 8.38 Å². The first-order chi connectivity index (χ1) is 8.05. The second-order valence-corrected chi connectivity index (χ2v) is 7.95. The lowest BCUT2D eigenvalue weighted by atomic mass is 9.94. The summed E-state index contributed by atoms with van der Waals surface area (Å²) in [6.45, 7) is 17.3. The van der Waals surface area contributed by atoms with Gasteiger partial charge in [-0.15, -0.1) is 0 Å². The Balaban J connectivity index is 5.19. The van der Waals surface area contributed by atoms with Crippen molar-refractivity contribution in [3.05, 3.63) is 0 Å². The summed E-state index contributed by atoms with van der Waals surface area (Å²) in [4.78, 5) is 0. The highest BCUT2D eigenvalue weighted by molar-refractivity contribution is 7.48. The second kappa shape index (κ2) is 7.16. The summed E-state index contributed by atoms with van der Waals surface area (Å²) >= 11 is 0. The van der Waals surface area contributed by atoms with Crippen LogP contribution in [0.5, 0.6) is 0 Å². The molecule has 0 aliphatic heterocycles. The molecule has 0 bridgehead atoms. The van der Waals surface area contributed by atoms with E-state index in [1.54, 1.807) is 0 Å². The minimum absolute atomic E-state index is 0.127. The summed E-state index contributed by atoms with van der Waals surface area (Å²) < 4.78 is 11.5. The average Bonchev–Trinajstić information content (AvgIpc) is 2.14. The molecule has 0 radical (unpaired) electrons. The number of nitrogens with zero attached hydrogens (tertiary/aromatic N) is 1. The van der Waals surface area contributed by atoms with Crippen LogP contribution >= 0.6 is 8.38 Å². The lowest BCUT2D eigenvalue weighted by molar-refractivity contribution is -0.188. The number of hydrogen-bond acceptors (Lipinski definition) is 4. The first-order valence-corrected chi connectivity index (χ1v) is 7.83. The van der Waals surface area contributed by atoms with Crippen LogP contribution in [0, 0.1) is 5.41 Å². The van der Waals surface area contributed by atoms with Crippen LogP contribution in [0.3, 0.4) is 0 Å². The van der Waals surface area contributed by atoms with Gasteiger partial charge in [0.05, 0.1) is 13.2 Å². The highest BCUT2D eigenvalue weighted by atomic mass is 31.2. The summed E-state index contributed by atoms with van der Waals surface area (Å²) in [7, 11) is -1.14. The van der Waals surface area contributed by atoms with Gasteiger partial charge in [0.2, 0.25) is 0 Å². The standard InChI is InChI=1S/C13H30NO3P/c1-9-16-18(17-10-2)11(12(3,4)5)14(15)13(6,7)8/h11,15H,9-10H2,1-8H3. The Bertz CT molecular complexity index is 229. The molecule has 1 unspecified atom stereocenters. The number of rotatable bonds is 6. The van der Waals surface area contributed by atoms with Gasteiger partial charge in [0, 0.05) is 5.54 Å². The Hall–Kier alpha value is 0.270. The molecule has 0 aromatic carbocycles. The molecule has 0 saturated carbocycles. The topological polar surface area (TPSA) is 41.9 Å². The van der Waals surface area contributed by atoms with E-state index in [0.29, 0.717) is 13.2 Å². The molecular formula is C13H30NO3P. The summed E-state index contributed by atoms with van der Waals surface area (Å²) in [5, 5.41) is 11.9. The molecule has 0 aliphatic rings. The molecule has 0 spiro atoms. The van der Waals surface area contributed by atoms with E-state index in [1.807, 2.05) is 34.6 Å². The van der Waals surface area contributed by atoms with Gasteiger partial charge in [-0.2, -0.15) is 5.06 Å². The summed E-state index contributed by atoms with van der Waals surface area (Å²) in [5.74, 6) is -0.160. The van der Waals surface area contributed by atoms with Crippen molar-refractivity contribution in [3.63, 3.8) is 0 Å². The van der Waals surface area contributed by atoms with Gasteiger partial charge in [0.15, 0.2) is 8.38 Å². The SMILES string of the molecule is CCOP(OCC)C(N(O)C(C)(C)C)C(C)(C)C. The van der Waals surface area contributed by atoms with Gasteiger partial charge >= 0.3 is 0 Å². The van der Waals surface area contributed by atoms with Crippen LogP contribution in [0.15, 0.2) is 0 Å². The lowest BCUT2D eigenvalue weighted by Gasteiger charge is -2.45.